The molecule has 9 nitrogen and oxygen atoms in total. The summed E-state index contributed by atoms with van der Waals surface area (Å²) in [6.07, 6.45) is -0.0842. The normalized spacial score (nSPS) is 12.4. The van der Waals surface area contributed by atoms with E-state index in [1.807, 2.05) is 53.2 Å². The highest BCUT2D eigenvalue weighted by molar-refractivity contribution is 7.14. The number of carbonyl (C=O) groups is 2. The van der Waals surface area contributed by atoms with Crippen LogP contribution in [0.5, 0.6) is 0 Å². The number of nitrogens with one attached hydrogen (secondary N) is 2. The van der Waals surface area contributed by atoms with E-state index in [-0.39, 0.29) is 12.1 Å². The molecule has 11 heteroatoms. The van der Waals surface area contributed by atoms with Gasteiger partial charge in [0, 0.05) is 23.9 Å². The summed E-state index contributed by atoms with van der Waals surface area (Å²) < 4.78 is 4.73. The molecule has 0 fully saturated rings. The lowest BCUT2D eigenvalue weighted by Crippen LogP contribution is -2.49. The molecular formula is C26H24N4O5S2. The highest BCUT2D eigenvalue weighted by Gasteiger charge is 2.27. The maximum atomic E-state index is 13.5. The van der Waals surface area contributed by atoms with Gasteiger partial charge in [0.15, 0.2) is 0 Å². The molecule has 2 N–H and O–H groups in total. The van der Waals surface area contributed by atoms with Gasteiger partial charge in [0.05, 0.1) is 28.6 Å². The number of benzene rings is 2. The SMILES string of the molecule is COC(=O)NC(Cc1ccccc1)C(=O)NC(Cc1ccc([N+](=O)[O-])cc1)c1nc(-c2cccs2)cs1. The monoisotopic (exact) mass is 536 g/mol. The van der Waals surface area contributed by atoms with Crippen LogP contribution < -0.4 is 10.6 Å². The summed E-state index contributed by atoms with van der Waals surface area (Å²) in [5, 5.41) is 21.3. The van der Waals surface area contributed by atoms with Crippen LogP contribution in [0.4, 0.5) is 10.5 Å². The van der Waals surface area contributed by atoms with Crippen molar-refractivity contribution in [3.8, 4) is 10.6 Å². The molecule has 0 radical (unpaired) electrons. The van der Waals surface area contributed by atoms with E-state index in [0.29, 0.717) is 11.4 Å². The lowest BCUT2D eigenvalue weighted by atomic mass is 10.0. The first-order chi connectivity index (χ1) is 17.9. The summed E-state index contributed by atoms with van der Waals surface area (Å²) in [6, 6.07) is 18.1. The van der Waals surface area contributed by atoms with Crippen molar-refractivity contribution in [2.45, 2.75) is 24.9 Å². The summed E-state index contributed by atoms with van der Waals surface area (Å²) in [4.78, 5) is 41.8. The molecule has 0 saturated carbocycles. The molecule has 0 saturated heterocycles. The molecule has 4 aromatic rings. The summed E-state index contributed by atoms with van der Waals surface area (Å²) >= 11 is 2.99. The number of hydrogen-bond acceptors (Lipinski definition) is 8. The largest absolute Gasteiger partial charge is 0.453 e. The summed E-state index contributed by atoms with van der Waals surface area (Å²) in [5.41, 5.74) is 2.47. The first-order valence-electron chi connectivity index (χ1n) is 11.3. The van der Waals surface area contributed by atoms with Crippen LogP contribution in [0, 0.1) is 10.1 Å². The Morgan fingerprint density at radius 1 is 0.973 bits per heavy atom. The van der Waals surface area contributed by atoms with Crippen molar-refractivity contribution in [2.24, 2.45) is 0 Å². The van der Waals surface area contributed by atoms with Crippen molar-refractivity contribution in [1.82, 2.24) is 15.6 Å². The number of nitro benzene ring substituents is 1. The van der Waals surface area contributed by atoms with E-state index >= 15 is 0 Å². The smallest absolute Gasteiger partial charge is 0.407 e. The molecule has 37 heavy (non-hydrogen) atoms. The molecule has 2 atom stereocenters. The lowest BCUT2D eigenvalue weighted by Gasteiger charge is -2.22. The van der Waals surface area contributed by atoms with Crippen LogP contribution in [-0.4, -0.2) is 35.1 Å². The Hall–Kier alpha value is -4.09. The molecule has 0 aliphatic heterocycles. The zero-order valence-corrected chi connectivity index (χ0v) is 21.5. The van der Waals surface area contributed by atoms with Crippen molar-refractivity contribution in [3.63, 3.8) is 0 Å². The van der Waals surface area contributed by atoms with Gasteiger partial charge in [-0.25, -0.2) is 9.78 Å². The number of nitro groups is 1. The highest BCUT2D eigenvalue weighted by Crippen LogP contribution is 2.30. The van der Waals surface area contributed by atoms with E-state index in [0.717, 1.165) is 21.7 Å². The highest BCUT2D eigenvalue weighted by atomic mass is 32.1. The van der Waals surface area contributed by atoms with Gasteiger partial charge in [-0.15, -0.1) is 22.7 Å². The van der Waals surface area contributed by atoms with Crippen LogP contribution in [0.15, 0.2) is 77.5 Å². The van der Waals surface area contributed by atoms with Gasteiger partial charge >= 0.3 is 6.09 Å². The molecule has 2 unspecified atom stereocenters. The second kappa shape index (κ2) is 12.2. The van der Waals surface area contributed by atoms with Crippen LogP contribution >= 0.6 is 22.7 Å². The first-order valence-corrected chi connectivity index (χ1v) is 13.1. The molecule has 190 valence electrons. The number of alkyl carbamates (subject to hydrolysis) is 1. The number of non-ortho nitro benzene ring substituents is 1. The Kier molecular flexibility index (Phi) is 8.60. The van der Waals surface area contributed by atoms with Crippen LogP contribution in [0.2, 0.25) is 0 Å². The second-order valence-electron chi connectivity index (χ2n) is 8.12. The molecular weight excluding hydrogens is 512 g/mol. The molecule has 0 bridgehead atoms. The zero-order valence-electron chi connectivity index (χ0n) is 19.8. The summed E-state index contributed by atoms with van der Waals surface area (Å²) in [5.74, 6) is -0.394. The third-order valence-electron chi connectivity index (χ3n) is 5.57. The van der Waals surface area contributed by atoms with Gasteiger partial charge in [-0.05, 0) is 29.0 Å². The molecule has 0 aliphatic carbocycles. The van der Waals surface area contributed by atoms with E-state index in [2.05, 4.69) is 10.6 Å². The Morgan fingerprint density at radius 2 is 1.70 bits per heavy atom. The predicted octanol–water partition coefficient (Wildman–Crippen LogP) is 5.15. The van der Waals surface area contributed by atoms with E-state index in [9.17, 15) is 19.7 Å². The van der Waals surface area contributed by atoms with Gasteiger partial charge in [-0.2, -0.15) is 0 Å². The Bertz CT molecular complexity index is 1340. The number of aromatic nitrogens is 1. The predicted molar refractivity (Wildman–Crippen MR) is 143 cm³/mol. The van der Waals surface area contributed by atoms with Gasteiger partial charge in [0.1, 0.15) is 11.0 Å². The minimum absolute atomic E-state index is 0.0104. The number of nitrogens with zero attached hydrogens (tertiary/aromatic N) is 2. The van der Waals surface area contributed by atoms with E-state index < -0.39 is 29.0 Å². The average molecular weight is 537 g/mol. The molecule has 0 aliphatic rings. The Labute approximate surface area is 221 Å². The van der Waals surface area contributed by atoms with Crippen LogP contribution in [0.1, 0.15) is 22.2 Å². The van der Waals surface area contributed by atoms with Crippen molar-refractivity contribution in [1.29, 1.82) is 0 Å². The molecule has 4 rings (SSSR count). The summed E-state index contributed by atoms with van der Waals surface area (Å²) in [7, 11) is 1.24. The van der Waals surface area contributed by atoms with Crippen LogP contribution in [-0.2, 0) is 22.4 Å². The third-order valence-corrected chi connectivity index (χ3v) is 7.42. The van der Waals surface area contributed by atoms with Crippen molar-refractivity contribution >= 4 is 40.4 Å². The number of carbonyl (C=O) groups excluding carboxylic acids is 2. The zero-order chi connectivity index (χ0) is 26.2. The fourth-order valence-corrected chi connectivity index (χ4v) is 5.34. The number of rotatable bonds is 10. The number of ether oxygens (including phenoxy) is 1. The number of amides is 2. The Morgan fingerprint density at radius 3 is 2.35 bits per heavy atom. The third kappa shape index (κ3) is 6.99. The quantitative estimate of drug-likeness (QED) is 0.213. The molecule has 2 aromatic heterocycles. The topological polar surface area (TPSA) is 123 Å². The van der Waals surface area contributed by atoms with E-state index in [4.69, 9.17) is 9.72 Å². The molecule has 0 spiro atoms. The number of thiophene rings is 1. The van der Waals surface area contributed by atoms with Gasteiger partial charge in [-0.1, -0.05) is 48.5 Å². The van der Waals surface area contributed by atoms with E-state index in [1.54, 1.807) is 23.5 Å². The maximum absolute atomic E-state index is 13.5. The van der Waals surface area contributed by atoms with Crippen molar-refractivity contribution in [3.05, 3.63) is 104 Å². The number of hydrogen-bond donors (Lipinski definition) is 2. The molecule has 2 aromatic carbocycles. The lowest BCUT2D eigenvalue weighted by molar-refractivity contribution is -0.384. The average Bonchev–Trinajstić information content (AvgIpc) is 3.61. The number of thiazole rings is 1. The van der Waals surface area contributed by atoms with Crippen LogP contribution in [0.3, 0.4) is 0 Å². The van der Waals surface area contributed by atoms with Crippen molar-refractivity contribution < 1.29 is 19.2 Å². The molecule has 2 amide bonds. The maximum Gasteiger partial charge on any atom is 0.407 e. The van der Waals surface area contributed by atoms with Gasteiger partial charge in [0.2, 0.25) is 5.91 Å². The fraction of sp³-hybridized carbons (Fsp3) is 0.192. The van der Waals surface area contributed by atoms with E-state index in [1.165, 1.54) is 30.6 Å². The minimum Gasteiger partial charge on any atom is -0.453 e. The van der Waals surface area contributed by atoms with Crippen LogP contribution in [0.25, 0.3) is 10.6 Å². The van der Waals surface area contributed by atoms with Gasteiger partial charge in [-0.3, -0.25) is 14.9 Å². The minimum atomic E-state index is -0.883. The Balaban J connectivity index is 1.60. The standard InChI is InChI=1S/C26H24N4O5S2/c1-35-26(32)29-20(14-17-6-3-2-4-7-17)24(31)27-21(15-18-9-11-19(12-10-18)30(33)34)25-28-22(16-37-25)23-8-5-13-36-23/h2-13,16,20-21H,14-15H2,1H3,(H,27,31)(H,29,32). The van der Waals surface area contributed by atoms with Crippen molar-refractivity contribution in [2.75, 3.05) is 7.11 Å². The van der Waals surface area contributed by atoms with Gasteiger partial charge in [0.25, 0.3) is 5.69 Å². The first kappa shape index (κ1) is 26.0. The van der Waals surface area contributed by atoms with Gasteiger partial charge < -0.3 is 15.4 Å². The molecule has 2 heterocycles. The number of methoxy groups -OCH3 is 1. The fourth-order valence-electron chi connectivity index (χ4n) is 3.71. The second-order valence-corrected chi connectivity index (χ2v) is 9.95. The summed E-state index contributed by atoms with van der Waals surface area (Å²) in [6.45, 7) is 0.